The van der Waals surface area contributed by atoms with Gasteiger partial charge in [0.15, 0.2) is 0 Å². The number of benzene rings is 1. The highest BCUT2D eigenvalue weighted by Crippen LogP contribution is 2.18. The van der Waals surface area contributed by atoms with Crippen molar-refractivity contribution in [3.63, 3.8) is 0 Å². The van der Waals surface area contributed by atoms with E-state index in [0.717, 1.165) is 17.8 Å². The smallest absolute Gasteiger partial charge is 0.237 e. The fourth-order valence-electron chi connectivity index (χ4n) is 2.46. The van der Waals surface area contributed by atoms with E-state index in [1.807, 2.05) is 37.3 Å². The molecule has 0 saturated carbocycles. The first-order valence-corrected chi connectivity index (χ1v) is 7.42. The van der Waals surface area contributed by atoms with E-state index in [1.165, 1.54) is 18.6 Å². The van der Waals surface area contributed by atoms with E-state index in [4.69, 9.17) is 0 Å². The van der Waals surface area contributed by atoms with Crippen LogP contribution in [0.2, 0.25) is 0 Å². The molecule has 6 nitrogen and oxygen atoms in total. The van der Waals surface area contributed by atoms with Gasteiger partial charge in [0.05, 0.1) is 34.9 Å². The van der Waals surface area contributed by atoms with E-state index < -0.39 is 11.6 Å². The first-order chi connectivity index (χ1) is 11.2. The maximum atomic E-state index is 12.5. The van der Waals surface area contributed by atoms with Crippen LogP contribution in [0.15, 0.2) is 48.9 Å². The van der Waals surface area contributed by atoms with Gasteiger partial charge in [0.25, 0.3) is 0 Å². The van der Waals surface area contributed by atoms with Crippen molar-refractivity contribution < 1.29 is 9.59 Å². The fourth-order valence-corrected chi connectivity index (χ4v) is 2.46. The van der Waals surface area contributed by atoms with Gasteiger partial charge in [0.1, 0.15) is 0 Å². The molecule has 0 atom stereocenters. The van der Waals surface area contributed by atoms with Gasteiger partial charge in [-0.15, -0.1) is 0 Å². The summed E-state index contributed by atoms with van der Waals surface area (Å²) >= 11 is 0. The van der Waals surface area contributed by atoms with E-state index in [-0.39, 0.29) is 5.56 Å². The molecule has 3 rings (SSSR count). The Kier molecular flexibility index (Phi) is 4.14. The standard InChI is InChI=1S/C17H16N4O2/c1-2-6-15-14(17(23)16(22)12-9-18-19-10-12)11-20-21(15)13-7-4-3-5-8-13/h3-5,7-11H,2,6H2,1H3,(H,18,19). The maximum Gasteiger partial charge on any atom is 0.237 e. The minimum absolute atomic E-state index is 0.255. The van der Waals surface area contributed by atoms with Crippen molar-refractivity contribution in [2.75, 3.05) is 0 Å². The quantitative estimate of drug-likeness (QED) is 0.560. The number of H-pyrrole nitrogens is 1. The summed E-state index contributed by atoms with van der Waals surface area (Å²) in [7, 11) is 0. The molecule has 0 radical (unpaired) electrons. The molecule has 23 heavy (non-hydrogen) atoms. The Morgan fingerprint density at radius 3 is 2.57 bits per heavy atom. The minimum Gasteiger partial charge on any atom is -0.285 e. The Labute approximate surface area is 133 Å². The summed E-state index contributed by atoms with van der Waals surface area (Å²) in [5.74, 6) is -1.14. The highest BCUT2D eigenvalue weighted by Gasteiger charge is 2.25. The number of hydrogen-bond donors (Lipinski definition) is 1. The number of para-hydroxylation sites is 1. The number of nitrogens with zero attached hydrogens (tertiary/aromatic N) is 3. The van der Waals surface area contributed by atoms with Gasteiger partial charge in [0.2, 0.25) is 11.6 Å². The topological polar surface area (TPSA) is 80.6 Å². The van der Waals surface area contributed by atoms with Crippen molar-refractivity contribution in [3.05, 3.63) is 65.7 Å². The van der Waals surface area contributed by atoms with E-state index in [0.29, 0.717) is 12.0 Å². The highest BCUT2D eigenvalue weighted by molar-refractivity contribution is 6.49. The summed E-state index contributed by atoms with van der Waals surface area (Å²) in [6.45, 7) is 2.02. The molecule has 0 unspecified atom stereocenters. The second kappa shape index (κ2) is 6.39. The molecule has 0 aliphatic rings. The van der Waals surface area contributed by atoms with Crippen molar-refractivity contribution in [1.82, 2.24) is 20.0 Å². The molecule has 6 heteroatoms. The lowest BCUT2D eigenvalue weighted by Crippen LogP contribution is -2.16. The van der Waals surface area contributed by atoms with Crippen LogP contribution in [-0.4, -0.2) is 31.5 Å². The molecule has 1 N–H and O–H groups in total. The Morgan fingerprint density at radius 1 is 1.13 bits per heavy atom. The van der Waals surface area contributed by atoms with Crippen molar-refractivity contribution in [3.8, 4) is 5.69 Å². The minimum atomic E-state index is -0.580. The molecule has 0 aliphatic carbocycles. The van der Waals surface area contributed by atoms with Crippen molar-refractivity contribution >= 4 is 11.6 Å². The molecule has 0 spiro atoms. The maximum absolute atomic E-state index is 12.5. The van der Waals surface area contributed by atoms with Crippen LogP contribution in [0.1, 0.15) is 39.8 Å². The lowest BCUT2D eigenvalue weighted by atomic mass is 10.0. The summed E-state index contributed by atoms with van der Waals surface area (Å²) in [6, 6.07) is 9.56. The average molecular weight is 308 g/mol. The van der Waals surface area contributed by atoms with Crippen LogP contribution in [0, 0.1) is 0 Å². The number of aromatic amines is 1. The van der Waals surface area contributed by atoms with Crippen LogP contribution >= 0.6 is 0 Å². The first-order valence-electron chi connectivity index (χ1n) is 7.42. The highest BCUT2D eigenvalue weighted by atomic mass is 16.2. The monoisotopic (exact) mass is 308 g/mol. The van der Waals surface area contributed by atoms with E-state index in [2.05, 4.69) is 15.3 Å². The number of aromatic nitrogens is 4. The first kappa shape index (κ1) is 14.9. The van der Waals surface area contributed by atoms with Gasteiger partial charge in [-0.25, -0.2) is 4.68 Å². The molecule has 0 saturated heterocycles. The summed E-state index contributed by atoms with van der Waals surface area (Å²) in [5, 5.41) is 10.6. The average Bonchev–Trinajstić information content (AvgIpc) is 3.24. The number of Topliss-reactive ketones (excluding diaryl/α,β-unsaturated/α-hetero) is 2. The molecule has 0 amide bonds. The Morgan fingerprint density at radius 2 is 1.91 bits per heavy atom. The van der Waals surface area contributed by atoms with Gasteiger partial charge in [-0.1, -0.05) is 31.5 Å². The van der Waals surface area contributed by atoms with Gasteiger partial charge in [-0.3, -0.25) is 14.7 Å². The van der Waals surface area contributed by atoms with Crippen LogP contribution in [0.25, 0.3) is 5.69 Å². The zero-order valence-corrected chi connectivity index (χ0v) is 12.7. The van der Waals surface area contributed by atoms with Crippen LogP contribution in [0.4, 0.5) is 0 Å². The zero-order valence-electron chi connectivity index (χ0n) is 12.7. The number of ketones is 2. The zero-order chi connectivity index (χ0) is 16.2. The summed E-state index contributed by atoms with van der Waals surface area (Å²) in [4.78, 5) is 24.8. The van der Waals surface area contributed by atoms with Crippen LogP contribution in [0.3, 0.4) is 0 Å². The second-order valence-electron chi connectivity index (χ2n) is 5.15. The van der Waals surface area contributed by atoms with Gasteiger partial charge >= 0.3 is 0 Å². The lowest BCUT2D eigenvalue weighted by molar-refractivity contribution is 0.0816. The summed E-state index contributed by atoms with van der Waals surface area (Å²) in [5.41, 5.74) is 2.22. The molecule has 2 aromatic heterocycles. The van der Waals surface area contributed by atoms with Crippen molar-refractivity contribution in [2.24, 2.45) is 0 Å². The van der Waals surface area contributed by atoms with Crippen molar-refractivity contribution in [1.29, 1.82) is 0 Å². The molecular weight excluding hydrogens is 292 g/mol. The Hall–Kier alpha value is -3.02. The van der Waals surface area contributed by atoms with Gasteiger partial charge < -0.3 is 0 Å². The van der Waals surface area contributed by atoms with E-state index in [1.54, 1.807) is 4.68 Å². The lowest BCUT2D eigenvalue weighted by Gasteiger charge is -2.08. The number of carbonyl (C=O) groups is 2. The Balaban J connectivity index is 2.01. The number of rotatable bonds is 6. The second-order valence-corrected chi connectivity index (χ2v) is 5.15. The van der Waals surface area contributed by atoms with Crippen LogP contribution in [0.5, 0.6) is 0 Å². The fraction of sp³-hybridized carbons (Fsp3) is 0.176. The van der Waals surface area contributed by atoms with Gasteiger partial charge in [-0.05, 0) is 18.6 Å². The molecule has 1 aromatic carbocycles. The molecule has 0 aliphatic heterocycles. The summed E-state index contributed by atoms with van der Waals surface area (Å²) in [6.07, 6.45) is 5.74. The normalized spacial score (nSPS) is 10.7. The third-order valence-corrected chi connectivity index (χ3v) is 3.57. The molecule has 0 fully saturated rings. The van der Waals surface area contributed by atoms with Gasteiger partial charge in [-0.2, -0.15) is 10.2 Å². The van der Waals surface area contributed by atoms with Gasteiger partial charge in [0, 0.05) is 6.20 Å². The SMILES string of the molecule is CCCc1c(C(=O)C(=O)c2cn[nH]c2)cnn1-c1ccccc1. The predicted octanol–water partition coefficient (Wildman–Crippen LogP) is 2.61. The molecule has 2 heterocycles. The third kappa shape index (κ3) is 2.83. The summed E-state index contributed by atoms with van der Waals surface area (Å²) < 4.78 is 1.72. The largest absolute Gasteiger partial charge is 0.285 e. The van der Waals surface area contributed by atoms with Crippen LogP contribution < -0.4 is 0 Å². The molecule has 0 bridgehead atoms. The van der Waals surface area contributed by atoms with Crippen LogP contribution in [-0.2, 0) is 6.42 Å². The van der Waals surface area contributed by atoms with Crippen molar-refractivity contribution in [2.45, 2.75) is 19.8 Å². The molecular formula is C17H16N4O2. The van der Waals surface area contributed by atoms with E-state index in [9.17, 15) is 9.59 Å². The number of carbonyl (C=O) groups excluding carboxylic acids is 2. The number of hydrogen-bond acceptors (Lipinski definition) is 4. The molecule has 116 valence electrons. The third-order valence-electron chi connectivity index (χ3n) is 3.57. The number of nitrogens with one attached hydrogen (secondary N) is 1. The molecule has 3 aromatic rings. The predicted molar refractivity (Wildman–Crippen MR) is 84.8 cm³/mol. The van der Waals surface area contributed by atoms with E-state index >= 15 is 0 Å². The Bertz CT molecular complexity index is 820.